The molecule has 2 N–H and O–H groups in total. The van der Waals surface area contributed by atoms with E-state index in [2.05, 4.69) is 25.9 Å². The Bertz CT molecular complexity index is 1350. The van der Waals surface area contributed by atoms with E-state index < -0.39 is 5.97 Å². The highest BCUT2D eigenvalue weighted by atomic mass is 35.5. The van der Waals surface area contributed by atoms with Crippen LogP contribution in [-0.2, 0) is 9.53 Å². The van der Waals surface area contributed by atoms with Crippen molar-refractivity contribution in [1.29, 1.82) is 0 Å². The Morgan fingerprint density at radius 2 is 1.86 bits per heavy atom. The van der Waals surface area contributed by atoms with E-state index in [4.69, 9.17) is 21.1 Å². The molecule has 3 aromatic carbocycles. The Labute approximate surface area is 222 Å². The maximum absolute atomic E-state index is 13.0. The fraction of sp³-hybridized carbons (Fsp3) is 0.192. The van der Waals surface area contributed by atoms with Crippen molar-refractivity contribution in [3.8, 4) is 17.1 Å². The lowest BCUT2D eigenvalue weighted by Gasteiger charge is -2.13. The number of carbonyl (C=O) groups excluding carboxylic acids is 2. The molecule has 9 nitrogen and oxygen atoms in total. The van der Waals surface area contributed by atoms with E-state index in [0.29, 0.717) is 34.5 Å². The number of carbonyl (C=O) groups is 2. The summed E-state index contributed by atoms with van der Waals surface area (Å²) in [5.41, 5.74) is 1.80. The van der Waals surface area contributed by atoms with Gasteiger partial charge in [-0.15, -0.1) is 10.2 Å². The number of benzene rings is 3. The number of tetrazole rings is 1. The number of esters is 1. The average Bonchev–Trinajstić information content (AvgIpc) is 3.45. The Morgan fingerprint density at radius 3 is 2.62 bits per heavy atom. The number of halogens is 1. The van der Waals surface area contributed by atoms with Crippen molar-refractivity contribution < 1.29 is 19.1 Å². The number of hydrogen-bond donors (Lipinski definition) is 2. The van der Waals surface area contributed by atoms with Gasteiger partial charge >= 0.3 is 5.97 Å². The van der Waals surface area contributed by atoms with Crippen molar-refractivity contribution in [3.63, 3.8) is 0 Å². The monoisotopic (exact) mass is 537 g/mol. The molecule has 1 aromatic heterocycles. The lowest BCUT2D eigenvalue weighted by atomic mass is 10.2. The van der Waals surface area contributed by atoms with Crippen LogP contribution in [0.5, 0.6) is 5.75 Å². The molecule has 0 aliphatic rings. The summed E-state index contributed by atoms with van der Waals surface area (Å²) in [6.45, 7) is 2.22. The summed E-state index contributed by atoms with van der Waals surface area (Å²) < 4.78 is 10.5. The van der Waals surface area contributed by atoms with Crippen LogP contribution in [0.25, 0.3) is 11.4 Å². The van der Waals surface area contributed by atoms with E-state index in [9.17, 15) is 9.59 Å². The molecule has 4 aromatic rings. The van der Waals surface area contributed by atoms with Gasteiger partial charge in [0, 0.05) is 25.9 Å². The van der Waals surface area contributed by atoms with Crippen molar-refractivity contribution in [3.05, 3.63) is 77.3 Å². The average molecular weight is 538 g/mol. The zero-order valence-electron chi connectivity index (χ0n) is 19.9. The highest BCUT2D eigenvalue weighted by molar-refractivity contribution is 7.99. The number of nitrogens with one attached hydrogen (secondary N) is 2. The molecule has 1 heterocycles. The molecule has 0 aliphatic carbocycles. The molecule has 4 rings (SSSR count). The molecule has 0 saturated heterocycles. The Balaban J connectivity index is 1.42. The first-order chi connectivity index (χ1) is 18.0. The van der Waals surface area contributed by atoms with Gasteiger partial charge in [-0.25, -0.2) is 4.79 Å². The van der Waals surface area contributed by atoms with Gasteiger partial charge in [0.1, 0.15) is 5.75 Å². The van der Waals surface area contributed by atoms with E-state index in [-0.39, 0.29) is 12.5 Å². The van der Waals surface area contributed by atoms with Gasteiger partial charge in [-0.2, -0.15) is 5.21 Å². The summed E-state index contributed by atoms with van der Waals surface area (Å²) in [5.74, 6) is 0.181. The number of H-pyrrole nitrogens is 1. The third kappa shape index (κ3) is 7.31. The quantitative estimate of drug-likeness (QED) is 0.186. The molecule has 190 valence electrons. The summed E-state index contributed by atoms with van der Waals surface area (Å²) in [6, 6.07) is 19.4. The fourth-order valence-electron chi connectivity index (χ4n) is 3.23. The lowest BCUT2D eigenvalue weighted by Crippen LogP contribution is -2.15. The van der Waals surface area contributed by atoms with E-state index in [1.165, 1.54) is 11.8 Å². The molecule has 11 heteroatoms. The third-order valence-electron chi connectivity index (χ3n) is 5.12. The highest BCUT2D eigenvalue weighted by Gasteiger charge is 2.15. The molecule has 0 atom stereocenters. The maximum Gasteiger partial charge on any atom is 0.344 e. The van der Waals surface area contributed by atoms with Crippen LogP contribution in [0.4, 0.5) is 5.69 Å². The van der Waals surface area contributed by atoms with Gasteiger partial charge in [0.15, 0.2) is 6.61 Å². The van der Waals surface area contributed by atoms with E-state index in [1.807, 2.05) is 37.3 Å². The minimum atomic E-state index is -0.424. The molecular weight excluding hydrogens is 514 g/mol. The van der Waals surface area contributed by atoms with Gasteiger partial charge in [-0.05, 0) is 66.2 Å². The molecule has 37 heavy (non-hydrogen) atoms. The number of hydrogen-bond acceptors (Lipinski definition) is 8. The van der Waals surface area contributed by atoms with E-state index in [0.717, 1.165) is 28.2 Å². The van der Waals surface area contributed by atoms with Gasteiger partial charge < -0.3 is 14.8 Å². The molecule has 0 bridgehead atoms. The van der Waals surface area contributed by atoms with Crippen LogP contribution in [0.2, 0.25) is 5.02 Å². The first-order valence-corrected chi connectivity index (χ1v) is 12.7. The predicted molar refractivity (Wildman–Crippen MR) is 141 cm³/mol. The topological polar surface area (TPSA) is 119 Å². The first kappa shape index (κ1) is 26.2. The summed E-state index contributed by atoms with van der Waals surface area (Å²) in [4.78, 5) is 26.3. The van der Waals surface area contributed by atoms with Gasteiger partial charge in [0.25, 0.3) is 5.91 Å². The minimum Gasteiger partial charge on any atom is -0.482 e. The number of amides is 1. The molecular formula is C26H24ClN5O4S. The van der Waals surface area contributed by atoms with Crippen LogP contribution in [-0.4, -0.2) is 45.7 Å². The Kier molecular flexibility index (Phi) is 9.12. The van der Waals surface area contributed by atoms with E-state index in [1.54, 1.807) is 36.4 Å². The molecule has 0 fully saturated rings. The minimum absolute atomic E-state index is 0.184. The third-order valence-corrected chi connectivity index (χ3v) is 6.50. The van der Waals surface area contributed by atoms with Crippen LogP contribution in [0, 0.1) is 0 Å². The molecule has 0 radical (unpaired) electrons. The lowest BCUT2D eigenvalue weighted by molar-refractivity contribution is -0.146. The number of unbranched alkanes of at least 4 members (excludes halogenated alkanes) is 1. The Morgan fingerprint density at radius 1 is 1.05 bits per heavy atom. The van der Waals surface area contributed by atoms with Gasteiger partial charge in [-0.3, -0.25) is 4.79 Å². The van der Waals surface area contributed by atoms with Crippen molar-refractivity contribution in [2.75, 3.05) is 18.5 Å². The van der Waals surface area contributed by atoms with Crippen molar-refractivity contribution in [2.45, 2.75) is 29.6 Å². The zero-order chi connectivity index (χ0) is 26.0. The summed E-state index contributed by atoms with van der Waals surface area (Å²) in [7, 11) is 0. The summed E-state index contributed by atoms with van der Waals surface area (Å²) in [5, 5.41) is 17.7. The van der Waals surface area contributed by atoms with E-state index >= 15 is 0 Å². The molecule has 0 unspecified atom stereocenters. The number of aromatic nitrogens is 4. The Hall–Kier alpha value is -3.89. The molecule has 0 spiro atoms. The number of rotatable bonds is 11. The fourth-order valence-corrected chi connectivity index (χ4v) is 4.41. The number of nitrogens with zero attached hydrogens (tertiary/aromatic N) is 3. The first-order valence-electron chi connectivity index (χ1n) is 11.5. The maximum atomic E-state index is 13.0. The van der Waals surface area contributed by atoms with Crippen LogP contribution in [0.15, 0.2) is 76.5 Å². The number of ether oxygens (including phenoxy) is 2. The standard InChI is InChI=1S/C26H24ClN5O4S/c1-2-3-14-35-24(33)16-36-19-11-8-17(9-12-19)26(34)28-21-6-4-5-7-23(21)37-22-13-10-18(27)15-20(22)25-29-31-32-30-25/h4-13,15H,2-3,14,16H2,1H3,(H,28,34)(H,29,30,31,32). The summed E-state index contributed by atoms with van der Waals surface area (Å²) in [6.07, 6.45) is 1.76. The molecule has 1 amide bonds. The number of para-hydroxylation sites is 1. The van der Waals surface area contributed by atoms with Crippen LogP contribution in [0.1, 0.15) is 30.1 Å². The largest absolute Gasteiger partial charge is 0.482 e. The molecule has 0 saturated carbocycles. The van der Waals surface area contributed by atoms with Crippen LogP contribution >= 0.6 is 23.4 Å². The molecule has 0 aliphatic heterocycles. The van der Waals surface area contributed by atoms with Crippen molar-refractivity contribution in [2.24, 2.45) is 0 Å². The second-order valence-corrected chi connectivity index (χ2v) is 9.34. The normalized spacial score (nSPS) is 10.6. The van der Waals surface area contributed by atoms with Crippen molar-refractivity contribution in [1.82, 2.24) is 20.6 Å². The predicted octanol–water partition coefficient (Wildman–Crippen LogP) is 5.65. The second kappa shape index (κ2) is 12.9. The smallest absolute Gasteiger partial charge is 0.344 e. The van der Waals surface area contributed by atoms with Crippen LogP contribution in [0.3, 0.4) is 0 Å². The SMILES string of the molecule is CCCCOC(=O)COc1ccc(C(=O)Nc2ccccc2Sc2ccc(Cl)cc2-c2nn[nH]n2)cc1. The zero-order valence-corrected chi connectivity index (χ0v) is 21.5. The number of anilines is 1. The second-order valence-electron chi connectivity index (χ2n) is 7.82. The number of aromatic amines is 1. The summed E-state index contributed by atoms with van der Waals surface area (Å²) >= 11 is 7.64. The highest BCUT2D eigenvalue weighted by Crippen LogP contribution is 2.39. The van der Waals surface area contributed by atoms with Gasteiger partial charge in [0.2, 0.25) is 5.82 Å². The van der Waals surface area contributed by atoms with Crippen LogP contribution < -0.4 is 10.1 Å². The van der Waals surface area contributed by atoms with Gasteiger partial charge in [-0.1, -0.05) is 48.8 Å². The van der Waals surface area contributed by atoms with Gasteiger partial charge in [0.05, 0.1) is 12.3 Å². The van der Waals surface area contributed by atoms with Crippen molar-refractivity contribution >= 4 is 40.9 Å².